The first kappa shape index (κ1) is 30.8. The van der Waals surface area contributed by atoms with Crippen LogP contribution in [0.1, 0.15) is 43.5 Å². The molecular weight excluding hydrogens is 747 g/mol. The van der Waals surface area contributed by atoms with E-state index in [-0.39, 0.29) is 18.3 Å². The first-order valence-electron chi connectivity index (χ1n) is 13.3. The summed E-state index contributed by atoms with van der Waals surface area (Å²) in [6.07, 6.45) is 3.81. The molecule has 5 rings (SSSR count). The molecule has 0 aliphatic carbocycles. The van der Waals surface area contributed by atoms with Crippen LogP contribution in [0.5, 0.6) is 5.75 Å². The lowest BCUT2D eigenvalue weighted by Crippen LogP contribution is -2.40. The normalized spacial score (nSPS) is 15.0. The molecule has 2 heterocycles. The Morgan fingerprint density at radius 3 is 2.52 bits per heavy atom. The van der Waals surface area contributed by atoms with Gasteiger partial charge in [0.25, 0.3) is 5.56 Å². The maximum absolute atomic E-state index is 14.2. The lowest BCUT2D eigenvalue weighted by Gasteiger charge is -2.26. The van der Waals surface area contributed by atoms with Crippen LogP contribution in [0.25, 0.3) is 11.8 Å². The summed E-state index contributed by atoms with van der Waals surface area (Å²) in [5, 5.41) is 0. The molecule has 0 saturated carbocycles. The maximum atomic E-state index is 14.2. The molecule has 0 unspecified atom stereocenters. The monoisotopic (exact) mass is 774 g/mol. The van der Waals surface area contributed by atoms with Gasteiger partial charge in [-0.05, 0) is 85.5 Å². The van der Waals surface area contributed by atoms with E-state index in [2.05, 4.69) is 38.5 Å². The van der Waals surface area contributed by atoms with E-state index < -0.39 is 12.0 Å². The van der Waals surface area contributed by atoms with Crippen LogP contribution in [0.4, 0.5) is 0 Å². The molecule has 0 radical (unpaired) electrons. The van der Waals surface area contributed by atoms with Gasteiger partial charge in [0.05, 0.1) is 38.1 Å². The third-order valence-electron chi connectivity index (χ3n) is 6.48. The van der Waals surface area contributed by atoms with Crippen LogP contribution >= 0.6 is 61.6 Å². The molecule has 0 spiro atoms. The number of esters is 1. The number of fused-ring (bicyclic) bond motifs is 1. The molecule has 1 aliphatic heterocycles. The van der Waals surface area contributed by atoms with Crippen molar-refractivity contribution in [3.8, 4) is 5.75 Å². The number of thioether (sulfide) groups is 1. The Morgan fingerprint density at radius 2 is 1.88 bits per heavy atom. The molecule has 10 heteroatoms. The van der Waals surface area contributed by atoms with Gasteiger partial charge >= 0.3 is 5.97 Å². The number of aromatic nitrogens is 1. The summed E-state index contributed by atoms with van der Waals surface area (Å²) in [5.41, 5.74) is 2.95. The third-order valence-corrected chi connectivity index (χ3v) is 9.47. The van der Waals surface area contributed by atoms with E-state index in [4.69, 9.17) is 14.5 Å². The third kappa shape index (κ3) is 6.31. The van der Waals surface area contributed by atoms with E-state index in [0.29, 0.717) is 26.4 Å². The molecule has 3 aromatic carbocycles. The molecular formula is C32H28BrIN2O4S2. The number of hydrogen-bond acceptors (Lipinski definition) is 7. The molecule has 42 heavy (non-hydrogen) atoms. The van der Waals surface area contributed by atoms with Crippen LogP contribution in [0, 0.1) is 3.57 Å². The van der Waals surface area contributed by atoms with E-state index in [0.717, 1.165) is 29.6 Å². The first-order valence-corrected chi connectivity index (χ1v) is 17.2. The average Bonchev–Trinajstić information content (AvgIpc) is 3.28. The van der Waals surface area contributed by atoms with E-state index in [1.165, 1.54) is 11.3 Å². The summed E-state index contributed by atoms with van der Waals surface area (Å²) in [6.45, 7) is 5.92. The van der Waals surface area contributed by atoms with E-state index in [1.54, 1.807) is 23.3 Å². The minimum atomic E-state index is -0.720. The largest absolute Gasteiger partial charge is 0.489 e. The number of rotatable bonds is 8. The maximum Gasteiger partial charge on any atom is 0.338 e. The number of carbonyl (C=O) groups is 1. The smallest absolute Gasteiger partial charge is 0.338 e. The predicted octanol–water partition coefficient (Wildman–Crippen LogP) is 6.81. The van der Waals surface area contributed by atoms with Gasteiger partial charge in [0, 0.05) is 20.5 Å². The summed E-state index contributed by atoms with van der Waals surface area (Å²) in [4.78, 5) is 34.4. The number of benzene rings is 3. The van der Waals surface area contributed by atoms with Crippen molar-refractivity contribution in [2.75, 3.05) is 12.9 Å². The number of ether oxygens (including phenoxy) is 2. The van der Waals surface area contributed by atoms with Gasteiger partial charge in [0.2, 0.25) is 0 Å². The Bertz CT molecular complexity index is 1850. The van der Waals surface area contributed by atoms with Gasteiger partial charge in [0.15, 0.2) is 4.80 Å². The minimum Gasteiger partial charge on any atom is -0.489 e. The highest BCUT2D eigenvalue weighted by Gasteiger charge is 2.35. The Balaban J connectivity index is 1.82. The van der Waals surface area contributed by atoms with Crippen molar-refractivity contribution in [1.82, 2.24) is 4.57 Å². The summed E-state index contributed by atoms with van der Waals surface area (Å²) in [6, 6.07) is 20.7. The summed E-state index contributed by atoms with van der Waals surface area (Å²) >= 11 is 8.75. The molecule has 0 fully saturated rings. The molecule has 216 valence electrons. The lowest BCUT2D eigenvalue weighted by atomic mass is 9.93. The standard InChI is InChI=1S/C32H28BrIN2O4S2/c1-5-39-31(38)26-27(19-9-7-6-8-10-19)35-32-36(28(26)20-11-13-23(41-4)14-12-20)30(37)25(42-32)16-21-15-22(33)17-24(34)29(21)40-18(2)3/h6-18,28H,5H2,1-4H3/b25-16-/t28-/m0/s1. The van der Waals surface area contributed by atoms with E-state index in [9.17, 15) is 9.59 Å². The van der Waals surface area contributed by atoms with Crippen molar-refractivity contribution in [3.05, 3.63) is 117 Å². The Morgan fingerprint density at radius 1 is 1.17 bits per heavy atom. The van der Waals surface area contributed by atoms with Crippen molar-refractivity contribution >= 4 is 79.4 Å². The fraction of sp³-hybridized carbons (Fsp3) is 0.219. The number of carbonyl (C=O) groups excluding carboxylic acids is 1. The van der Waals surface area contributed by atoms with Gasteiger partial charge in [-0.2, -0.15) is 0 Å². The van der Waals surface area contributed by atoms with Crippen LogP contribution in [-0.4, -0.2) is 29.5 Å². The lowest BCUT2D eigenvalue weighted by molar-refractivity contribution is -0.138. The fourth-order valence-electron chi connectivity index (χ4n) is 4.73. The van der Waals surface area contributed by atoms with Crippen LogP contribution < -0.4 is 19.6 Å². The van der Waals surface area contributed by atoms with Gasteiger partial charge in [0.1, 0.15) is 5.75 Å². The number of nitrogens with zero attached hydrogens (tertiary/aromatic N) is 2. The van der Waals surface area contributed by atoms with E-state index in [1.807, 2.05) is 92.9 Å². The average molecular weight is 776 g/mol. The highest BCUT2D eigenvalue weighted by molar-refractivity contribution is 14.1. The molecule has 1 atom stereocenters. The summed E-state index contributed by atoms with van der Waals surface area (Å²) < 4.78 is 15.6. The quantitative estimate of drug-likeness (QED) is 0.112. The van der Waals surface area contributed by atoms with Crippen LogP contribution in [0.3, 0.4) is 0 Å². The zero-order valence-electron chi connectivity index (χ0n) is 23.4. The molecule has 0 saturated heterocycles. The predicted molar refractivity (Wildman–Crippen MR) is 182 cm³/mol. The summed E-state index contributed by atoms with van der Waals surface area (Å²) in [5.74, 6) is 0.212. The van der Waals surface area contributed by atoms with Gasteiger partial charge in [-0.25, -0.2) is 9.79 Å². The Hall–Kier alpha value is -2.67. The highest BCUT2D eigenvalue weighted by Crippen LogP contribution is 2.36. The summed E-state index contributed by atoms with van der Waals surface area (Å²) in [7, 11) is 0. The zero-order valence-corrected chi connectivity index (χ0v) is 28.8. The van der Waals surface area contributed by atoms with Crippen LogP contribution in [0.15, 0.2) is 91.5 Å². The molecule has 4 aromatic rings. The van der Waals surface area contributed by atoms with Gasteiger partial charge in [-0.3, -0.25) is 9.36 Å². The molecule has 0 amide bonds. The van der Waals surface area contributed by atoms with Crippen LogP contribution in [-0.2, 0) is 9.53 Å². The van der Waals surface area contributed by atoms with Crippen molar-refractivity contribution in [2.45, 2.75) is 37.8 Å². The molecule has 0 N–H and O–H groups in total. The Labute approximate surface area is 274 Å². The van der Waals surface area contributed by atoms with Gasteiger partial charge < -0.3 is 9.47 Å². The Kier molecular flexibility index (Phi) is 9.76. The van der Waals surface area contributed by atoms with E-state index >= 15 is 0 Å². The molecule has 6 nitrogen and oxygen atoms in total. The second-order valence-electron chi connectivity index (χ2n) is 9.68. The molecule has 1 aromatic heterocycles. The number of hydrogen-bond donors (Lipinski definition) is 0. The molecule has 1 aliphatic rings. The minimum absolute atomic E-state index is 0.0436. The second kappa shape index (κ2) is 13.3. The zero-order chi connectivity index (χ0) is 30.0. The number of halogens is 2. The van der Waals surface area contributed by atoms with Gasteiger partial charge in [-0.15, -0.1) is 11.8 Å². The van der Waals surface area contributed by atoms with Crippen LogP contribution in [0.2, 0.25) is 0 Å². The first-order chi connectivity index (χ1) is 20.2. The molecule has 0 bridgehead atoms. The fourth-order valence-corrected chi connectivity index (χ4v) is 7.81. The van der Waals surface area contributed by atoms with Crippen molar-refractivity contribution in [2.24, 2.45) is 4.99 Å². The second-order valence-corrected chi connectivity index (χ2v) is 13.6. The number of thiazole rings is 1. The highest BCUT2D eigenvalue weighted by atomic mass is 127. The van der Waals surface area contributed by atoms with Crippen molar-refractivity contribution in [1.29, 1.82) is 0 Å². The topological polar surface area (TPSA) is 69.9 Å². The van der Waals surface area contributed by atoms with Gasteiger partial charge in [-0.1, -0.05) is 69.7 Å². The SMILES string of the molecule is CCOC(=O)C1=C(c2ccccc2)N=c2s/c(=C\c3cc(Br)cc(I)c3OC(C)C)c(=O)n2[C@H]1c1ccc(SC)cc1. The van der Waals surface area contributed by atoms with Crippen molar-refractivity contribution < 1.29 is 14.3 Å². The van der Waals surface area contributed by atoms with Crippen molar-refractivity contribution in [3.63, 3.8) is 0 Å².